The quantitative estimate of drug-likeness (QED) is 0.686. The third-order valence-corrected chi connectivity index (χ3v) is 2.92. The minimum absolute atomic E-state index is 0.128. The Morgan fingerprint density at radius 1 is 1.21 bits per heavy atom. The Bertz CT molecular complexity index is 594. The van der Waals surface area contributed by atoms with E-state index < -0.39 is 0 Å². The van der Waals surface area contributed by atoms with Gasteiger partial charge in [-0.3, -0.25) is 4.79 Å². The molecule has 0 aliphatic heterocycles. The van der Waals surface area contributed by atoms with Crippen LogP contribution in [0.15, 0.2) is 42.5 Å². The monoisotopic (exact) mass is 275 g/mol. The topological polar surface area (TPSA) is 52.3 Å². The molecule has 0 spiro atoms. The van der Waals surface area contributed by atoms with Crippen molar-refractivity contribution in [3.05, 3.63) is 58.6 Å². The largest absolute Gasteiger partial charge is 0.494 e. The average molecular weight is 276 g/mol. The van der Waals surface area contributed by atoms with Crippen molar-refractivity contribution in [3.8, 4) is 5.75 Å². The maximum Gasteiger partial charge on any atom is 0.195 e. The van der Waals surface area contributed by atoms with Gasteiger partial charge in [0.25, 0.3) is 0 Å². The second kappa shape index (κ2) is 5.76. The van der Waals surface area contributed by atoms with E-state index in [1.807, 2.05) is 6.92 Å². The van der Waals surface area contributed by atoms with Crippen LogP contribution in [0.25, 0.3) is 0 Å². The van der Waals surface area contributed by atoms with Crippen molar-refractivity contribution in [3.63, 3.8) is 0 Å². The standard InChI is InChI=1S/C15H14ClNO2/c1-2-19-12-6-3-10(4-7-12)15(18)13-8-5-11(16)9-14(13)17/h3-9H,2,17H2,1H3. The first-order chi connectivity index (χ1) is 9.11. The molecule has 0 atom stereocenters. The fourth-order valence-electron chi connectivity index (χ4n) is 1.77. The van der Waals surface area contributed by atoms with Gasteiger partial charge in [0.2, 0.25) is 0 Å². The summed E-state index contributed by atoms with van der Waals surface area (Å²) in [6, 6.07) is 11.8. The van der Waals surface area contributed by atoms with Crippen LogP contribution in [0.2, 0.25) is 5.02 Å². The van der Waals surface area contributed by atoms with Crippen molar-refractivity contribution in [1.82, 2.24) is 0 Å². The highest BCUT2D eigenvalue weighted by Gasteiger charge is 2.12. The van der Waals surface area contributed by atoms with Gasteiger partial charge in [-0.1, -0.05) is 11.6 Å². The smallest absolute Gasteiger partial charge is 0.195 e. The van der Waals surface area contributed by atoms with E-state index >= 15 is 0 Å². The van der Waals surface area contributed by atoms with Crippen molar-refractivity contribution in [2.24, 2.45) is 0 Å². The number of carbonyl (C=O) groups excluding carboxylic acids is 1. The zero-order valence-electron chi connectivity index (χ0n) is 10.5. The van der Waals surface area contributed by atoms with Gasteiger partial charge in [0.1, 0.15) is 5.75 Å². The average Bonchev–Trinajstić information content (AvgIpc) is 2.39. The minimum atomic E-state index is -0.128. The van der Waals surface area contributed by atoms with E-state index in [9.17, 15) is 4.79 Å². The van der Waals surface area contributed by atoms with Gasteiger partial charge in [0.05, 0.1) is 6.61 Å². The van der Waals surface area contributed by atoms with Gasteiger partial charge in [-0.05, 0) is 49.4 Å². The summed E-state index contributed by atoms with van der Waals surface area (Å²) in [4.78, 5) is 12.3. The third-order valence-electron chi connectivity index (χ3n) is 2.69. The first kappa shape index (κ1) is 13.4. The van der Waals surface area contributed by atoms with Crippen LogP contribution in [0.3, 0.4) is 0 Å². The number of anilines is 1. The predicted octanol–water partition coefficient (Wildman–Crippen LogP) is 3.55. The molecule has 0 amide bonds. The van der Waals surface area contributed by atoms with Crippen molar-refractivity contribution in [2.45, 2.75) is 6.92 Å². The summed E-state index contributed by atoms with van der Waals surface area (Å²) in [6.07, 6.45) is 0. The molecule has 2 aromatic rings. The molecular weight excluding hydrogens is 262 g/mol. The van der Waals surface area contributed by atoms with Crippen molar-refractivity contribution < 1.29 is 9.53 Å². The molecule has 98 valence electrons. The summed E-state index contributed by atoms with van der Waals surface area (Å²) in [6.45, 7) is 2.50. The third kappa shape index (κ3) is 3.06. The lowest BCUT2D eigenvalue weighted by Gasteiger charge is -2.07. The highest BCUT2D eigenvalue weighted by molar-refractivity contribution is 6.31. The fraction of sp³-hybridized carbons (Fsp3) is 0.133. The first-order valence-electron chi connectivity index (χ1n) is 5.94. The number of nitrogen functional groups attached to an aromatic ring is 1. The lowest BCUT2D eigenvalue weighted by atomic mass is 10.0. The SMILES string of the molecule is CCOc1ccc(C(=O)c2ccc(Cl)cc2N)cc1. The summed E-state index contributed by atoms with van der Waals surface area (Å²) in [5, 5.41) is 0.515. The molecule has 4 heteroatoms. The maximum absolute atomic E-state index is 12.3. The first-order valence-corrected chi connectivity index (χ1v) is 6.32. The van der Waals surface area contributed by atoms with Gasteiger partial charge < -0.3 is 10.5 Å². The van der Waals surface area contributed by atoms with E-state index in [2.05, 4.69) is 0 Å². The van der Waals surface area contributed by atoms with Crippen LogP contribution in [0, 0.1) is 0 Å². The summed E-state index contributed by atoms with van der Waals surface area (Å²) in [5.74, 6) is 0.611. The van der Waals surface area contributed by atoms with E-state index in [4.69, 9.17) is 22.1 Å². The Kier molecular flexibility index (Phi) is 4.07. The van der Waals surface area contributed by atoms with Gasteiger partial charge in [-0.15, -0.1) is 0 Å². The Morgan fingerprint density at radius 3 is 2.47 bits per heavy atom. The van der Waals surface area contributed by atoms with Crippen LogP contribution < -0.4 is 10.5 Å². The van der Waals surface area contributed by atoms with Crippen LogP contribution in [0.4, 0.5) is 5.69 Å². The molecule has 2 aromatic carbocycles. The molecule has 0 saturated carbocycles. The summed E-state index contributed by atoms with van der Waals surface area (Å²) < 4.78 is 5.33. The van der Waals surface area contributed by atoms with Crippen molar-refractivity contribution >= 4 is 23.1 Å². The van der Waals surface area contributed by atoms with Crippen LogP contribution in [0.5, 0.6) is 5.75 Å². The molecule has 0 radical (unpaired) electrons. The molecule has 0 bridgehead atoms. The van der Waals surface area contributed by atoms with Gasteiger partial charge in [0, 0.05) is 21.8 Å². The fourth-order valence-corrected chi connectivity index (χ4v) is 1.95. The number of hydrogen-bond donors (Lipinski definition) is 1. The molecule has 0 unspecified atom stereocenters. The van der Waals surface area contributed by atoms with Crippen LogP contribution in [-0.2, 0) is 0 Å². The molecule has 0 saturated heterocycles. The zero-order valence-corrected chi connectivity index (χ0v) is 11.3. The second-order valence-corrected chi connectivity index (χ2v) is 4.45. The molecule has 0 aromatic heterocycles. The zero-order chi connectivity index (χ0) is 13.8. The summed E-state index contributed by atoms with van der Waals surface area (Å²) in [5.41, 5.74) is 7.21. The Morgan fingerprint density at radius 2 is 1.89 bits per heavy atom. The molecule has 0 aliphatic rings. The van der Waals surface area contributed by atoms with E-state index in [1.165, 1.54) is 0 Å². The summed E-state index contributed by atoms with van der Waals surface area (Å²) in [7, 11) is 0. The number of halogens is 1. The molecular formula is C15H14ClNO2. The summed E-state index contributed by atoms with van der Waals surface area (Å²) >= 11 is 5.82. The number of rotatable bonds is 4. The van der Waals surface area contributed by atoms with Crippen LogP contribution >= 0.6 is 11.6 Å². The molecule has 0 fully saturated rings. The number of benzene rings is 2. The Labute approximate surface area is 117 Å². The van der Waals surface area contributed by atoms with E-state index in [1.54, 1.807) is 42.5 Å². The predicted molar refractivity (Wildman–Crippen MR) is 76.9 cm³/mol. The van der Waals surface area contributed by atoms with E-state index in [0.717, 1.165) is 5.75 Å². The minimum Gasteiger partial charge on any atom is -0.494 e. The number of hydrogen-bond acceptors (Lipinski definition) is 3. The Balaban J connectivity index is 2.28. The number of ketones is 1. The molecule has 0 heterocycles. The molecule has 3 nitrogen and oxygen atoms in total. The van der Waals surface area contributed by atoms with Crippen LogP contribution in [0.1, 0.15) is 22.8 Å². The van der Waals surface area contributed by atoms with Crippen LogP contribution in [-0.4, -0.2) is 12.4 Å². The molecule has 2 N–H and O–H groups in total. The second-order valence-electron chi connectivity index (χ2n) is 4.02. The lowest BCUT2D eigenvalue weighted by molar-refractivity contribution is 0.103. The van der Waals surface area contributed by atoms with Crippen molar-refractivity contribution in [1.29, 1.82) is 0 Å². The number of nitrogens with two attached hydrogens (primary N) is 1. The van der Waals surface area contributed by atoms with E-state index in [-0.39, 0.29) is 5.78 Å². The molecule has 0 aliphatic carbocycles. The highest BCUT2D eigenvalue weighted by atomic mass is 35.5. The van der Waals surface area contributed by atoms with Gasteiger partial charge in [0.15, 0.2) is 5.78 Å². The number of ether oxygens (including phenoxy) is 1. The Hall–Kier alpha value is -2.00. The number of carbonyl (C=O) groups is 1. The normalized spacial score (nSPS) is 10.2. The van der Waals surface area contributed by atoms with E-state index in [0.29, 0.717) is 28.4 Å². The van der Waals surface area contributed by atoms with Gasteiger partial charge in [-0.2, -0.15) is 0 Å². The molecule has 2 rings (SSSR count). The maximum atomic E-state index is 12.3. The lowest BCUT2D eigenvalue weighted by Crippen LogP contribution is -2.05. The van der Waals surface area contributed by atoms with Crippen molar-refractivity contribution in [2.75, 3.05) is 12.3 Å². The van der Waals surface area contributed by atoms with Gasteiger partial charge >= 0.3 is 0 Å². The molecule has 19 heavy (non-hydrogen) atoms. The van der Waals surface area contributed by atoms with Gasteiger partial charge in [-0.25, -0.2) is 0 Å². The highest BCUT2D eigenvalue weighted by Crippen LogP contribution is 2.22.